The fourth-order valence-electron chi connectivity index (χ4n) is 3.46. The molecule has 0 aromatic heterocycles. The molecule has 6 heteroatoms. The SMILES string of the molecule is Cc1ccc(CCNC(=O)c2ccc3c(c2)N(C)C(=O)C(=Cc2cccc(Cl)c2)S3)cc1. The van der Waals surface area contributed by atoms with Crippen molar-refractivity contribution in [2.75, 3.05) is 18.5 Å². The first-order valence-corrected chi connectivity index (χ1v) is 11.5. The first-order chi connectivity index (χ1) is 15.4. The lowest BCUT2D eigenvalue weighted by molar-refractivity contribution is -0.114. The van der Waals surface area contributed by atoms with Crippen molar-refractivity contribution in [2.24, 2.45) is 0 Å². The molecule has 0 spiro atoms. The lowest BCUT2D eigenvalue weighted by Gasteiger charge is -2.27. The fourth-order valence-corrected chi connectivity index (χ4v) is 4.75. The van der Waals surface area contributed by atoms with Crippen LogP contribution in [0.4, 0.5) is 5.69 Å². The molecule has 0 aliphatic carbocycles. The molecule has 0 saturated heterocycles. The highest BCUT2D eigenvalue weighted by Crippen LogP contribution is 2.42. The second-order valence-electron chi connectivity index (χ2n) is 7.70. The van der Waals surface area contributed by atoms with E-state index in [4.69, 9.17) is 11.6 Å². The number of carbonyl (C=O) groups excluding carboxylic acids is 2. The van der Waals surface area contributed by atoms with Crippen molar-refractivity contribution < 1.29 is 9.59 Å². The standard InChI is InChI=1S/C26H23ClN2O2S/c1-17-6-8-18(9-7-17)12-13-28-25(30)20-10-11-23-22(16-20)29(2)26(31)24(32-23)15-19-4-3-5-21(27)14-19/h3-11,14-16H,12-13H2,1-2H3,(H,28,30). The molecule has 3 aromatic carbocycles. The number of halogens is 1. The van der Waals surface area contributed by atoms with Crippen LogP contribution in [0.3, 0.4) is 0 Å². The highest BCUT2D eigenvalue weighted by atomic mass is 35.5. The maximum Gasteiger partial charge on any atom is 0.264 e. The zero-order chi connectivity index (χ0) is 22.7. The van der Waals surface area contributed by atoms with E-state index in [0.717, 1.165) is 22.6 Å². The molecular weight excluding hydrogens is 440 g/mol. The van der Waals surface area contributed by atoms with Gasteiger partial charge in [0.05, 0.1) is 10.6 Å². The number of aryl methyl sites for hydroxylation is 1. The average Bonchev–Trinajstić information content (AvgIpc) is 2.78. The predicted octanol–water partition coefficient (Wildman–Crippen LogP) is 5.73. The molecule has 4 rings (SSSR count). The van der Waals surface area contributed by atoms with Crippen LogP contribution < -0.4 is 10.2 Å². The Hall–Kier alpha value is -3.02. The number of fused-ring (bicyclic) bond motifs is 1. The Balaban J connectivity index is 1.46. The highest BCUT2D eigenvalue weighted by Gasteiger charge is 2.27. The third-order valence-electron chi connectivity index (χ3n) is 5.28. The van der Waals surface area contributed by atoms with Crippen LogP contribution in [0.1, 0.15) is 27.0 Å². The van der Waals surface area contributed by atoms with Gasteiger partial charge in [0, 0.05) is 29.1 Å². The number of hydrogen-bond acceptors (Lipinski definition) is 3. The van der Waals surface area contributed by atoms with Crippen molar-refractivity contribution >= 4 is 46.9 Å². The summed E-state index contributed by atoms with van der Waals surface area (Å²) in [5.74, 6) is -0.259. The Morgan fingerprint density at radius 1 is 1.09 bits per heavy atom. The second-order valence-corrected chi connectivity index (χ2v) is 9.22. The monoisotopic (exact) mass is 462 g/mol. The van der Waals surface area contributed by atoms with Crippen LogP contribution in [0.15, 0.2) is 76.5 Å². The third-order valence-corrected chi connectivity index (χ3v) is 6.60. The van der Waals surface area contributed by atoms with E-state index in [1.807, 2.05) is 30.3 Å². The molecule has 0 unspecified atom stereocenters. The van der Waals surface area contributed by atoms with Crippen LogP contribution >= 0.6 is 23.4 Å². The van der Waals surface area contributed by atoms with E-state index in [-0.39, 0.29) is 11.8 Å². The van der Waals surface area contributed by atoms with Gasteiger partial charge in [-0.15, -0.1) is 0 Å². The summed E-state index contributed by atoms with van der Waals surface area (Å²) in [6, 6.07) is 21.1. The van der Waals surface area contributed by atoms with Gasteiger partial charge in [0.25, 0.3) is 11.8 Å². The van der Waals surface area contributed by atoms with Gasteiger partial charge in [0.1, 0.15) is 0 Å². The van der Waals surface area contributed by atoms with E-state index in [1.165, 1.54) is 22.9 Å². The maximum atomic E-state index is 12.9. The van der Waals surface area contributed by atoms with Gasteiger partial charge >= 0.3 is 0 Å². The first-order valence-electron chi connectivity index (χ1n) is 10.3. The highest BCUT2D eigenvalue weighted by molar-refractivity contribution is 8.04. The smallest absolute Gasteiger partial charge is 0.264 e. The van der Waals surface area contributed by atoms with Crippen LogP contribution in [0, 0.1) is 6.92 Å². The van der Waals surface area contributed by atoms with Crippen LogP contribution in [0.5, 0.6) is 0 Å². The number of nitrogens with one attached hydrogen (secondary N) is 1. The number of nitrogens with zero attached hydrogens (tertiary/aromatic N) is 1. The Labute approximate surface area is 197 Å². The minimum Gasteiger partial charge on any atom is -0.352 e. The van der Waals surface area contributed by atoms with E-state index in [9.17, 15) is 9.59 Å². The summed E-state index contributed by atoms with van der Waals surface area (Å²) in [5, 5.41) is 3.59. The Bertz CT molecular complexity index is 1200. The van der Waals surface area contributed by atoms with Gasteiger partial charge in [-0.05, 0) is 60.9 Å². The Kier molecular flexibility index (Phi) is 6.68. The number of amides is 2. The minimum absolute atomic E-state index is 0.112. The van der Waals surface area contributed by atoms with Crippen molar-refractivity contribution in [2.45, 2.75) is 18.2 Å². The minimum atomic E-state index is -0.147. The van der Waals surface area contributed by atoms with Gasteiger partial charge in [-0.3, -0.25) is 9.59 Å². The average molecular weight is 463 g/mol. The van der Waals surface area contributed by atoms with Crippen LogP contribution in [0.2, 0.25) is 5.02 Å². The molecule has 0 atom stereocenters. The van der Waals surface area contributed by atoms with Crippen molar-refractivity contribution in [1.82, 2.24) is 5.32 Å². The third kappa shape index (κ3) is 5.06. The summed E-state index contributed by atoms with van der Waals surface area (Å²) in [6.07, 6.45) is 2.60. The molecule has 3 aromatic rings. The first kappa shape index (κ1) is 22.2. The zero-order valence-electron chi connectivity index (χ0n) is 17.9. The van der Waals surface area contributed by atoms with E-state index < -0.39 is 0 Å². The molecule has 4 nitrogen and oxygen atoms in total. The molecule has 1 heterocycles. The number of benzene rings is 3. The van der Waals surface area contributed by atoms with E-state index >= 15 is 0 Å². The molecule has 32 heavy (non-hydrogen) atoms. The fraction of sp³-hybridized carbons (Fsp3) is 0.154. The molecule has 0 bridgehead atoms. The Morgan fingerprint density at radius 2 is 1.88 bits per heavy atom. The zero-order valence-corrected chi connectivity index (χ0v) is 19.5. The van der Waals surface area contributed by atoms with Gasteiger partial charge in [-0.25, -0.2) is 0 Å². The normalized spacial score (nSPS) is 14.4. The number of hydrogen-bond donors (Lipinski definition) is 1. The molecule has 1 aliphatic heterocycles. The van der Waals surface area contributed by atoms with Crippen molar-refractivity contribution in [3.63, 3.8) is 0 Å². The maximum absolute atomic E-state index is 12.9. The van der Waals surface area contributed by atoms with E-state index in [0.29, 0.717) is 22.0 Å². The molecule has 162 valence electrons. The summed E-state index contributed by atoms with van der Waals surface area (Å²) >= 11 is 7.46. The lowest BCUT2D eigenvalue weighted by atomic mass is 10.1. The summed E-state index contributed by atoms with van der Waals surface area (Å²) in [7, 11) is 1.73. The lowest BCUT2D eigenvalue weighted by Crippen LogP contribution is -2.31. The Morgan fingerprint density at radius 3 is 2.62 bits per heavy atom. The quantitative estimate of drug-likeness (QED) is 0.492. The number of thioether (sulfide) groups is 1. The molecule has 0 fully saturated rings. The number of rotatable bonds is 5. The van der Waals surface area contributed by atoms with Gasteiger partial charge < -0.3 is 10.2 Å². The molecule has 1 N–H and O–H groups in total. The summed E-state index contributed by atoms with van der Waals surface area (Å²) in [4.78, 5) is 28.7. The van der Waals surface area contributed by atoms with Crippen LogP contribution in [-0.4, -0.2) is 25.4 Å². The van der Waals surface area contributed by atoms with E-state index in [2.05, 4.69) is 36.5 Å². The molecule has 0 radical (unpaired) electrons. The number of carbonyl (C=O) groups is 2. The molecule has 0 saturated carbocycles. The van der Waals surface area contributed by atoms with Crippen LogP contribution in [0.25, 0.3) is 6.08 Å². The van der Waals surface area contributed by atoms with Gasteiger partial charge in [-0.2, -0.15) is 0 Å². The van der Waals surface area contributed by atoms with Gasteiger partial charge in [0.2, 0.25) is 0 Å². The topological polar surface area (TPSA) is 49.4 Å². The molecule has 1 aliphatic rings. The van der Waals surface area contributed by atoms with Gasteiger partial charge in [0.15, 0.2) is 0 Å². The van der Waals surface area contributed by atoms with E-state index in [1.54, 1.807) is 30.1 Å². The number of likely N-dealkylation sites (N-methyl/N-ethyl adjacent to an activating group) is 1. The predicted molar refractivity (Wildman–Crippen MR) is 132 cm³/mol. The van der Waals surface area contributed by atoms with Crippen molar-refractivity contribution in [3.05, 3.63) is 98.9 Å². The van der Waals surface area contributed by atoms with Crippen LogP contribution in [-0.2, 0) is 11.2 Å². The van der Waals surface area contributed by atoms with Crippen molar-refractivity contribution in [3.8, 4) is 0 Å². The summed E-state index contributed by atoms with van der Waals surface area (Å²) in [5.41, 5.74) is 4.54. The number of anilines is 1. The molecule has 2 amide bonds. The largest absolute Gasteiger partial charge is 0.352 e. The second kappa shape index (κ2) is 9.63. The summed E-state index contributed by atoms with van der Waals surface area (Å²) in [6.45, 7) is 2.60. The van der Waals surface area contributed by atoms with Crippen molar-refractivity contribution in [1.29, 1.82) is 0 Å². The van der Waals surface area contributed by atoms with Gasteiger partial charge in [-0.1, -0.05) is 65.3 Å². The molecular formula is C26H23ClN2O2S. The summed E-state index contributed by atoms with van der Waals surface area (Å²) < 4.78 is 0.